The maximum atomic E-state index is 6.03. The number of nitrogens with two attached hydrogens (primary N) is 1. The van der Waals surface area contributed by atoms with Crippen LogP contribution in [-0.4, -0.2) is 4.98 Å². The number of rotatable bonds is 2. The van der Waals surface area contributed by atoms with Crippen molar-refractivity contribution in [2.45, 2.75) is 6.92 Å². The lowest BCUT2D eigenvalue weighted by atomic mass is 10.1. The lowest BCUT2D eigenvalue weighted by Crippen LogP contribution is -1.97. The van der Waals surface area contributed by atoms with Gasteiger partial charge >= 0.3 is 0 Å². The fourth-order valence-electron chi connectivity index (χ4n) is 2.15. The normalized spacial score (nSPS) is 10.6. The molecule has 0 atom stereocenters. The first kappa shape index (κ1) is 11.5. The fraction of sp³-hybridized carbons (Fsp3) is 0.0625. The third-order valence-corrected chi connectivity index (χ3v) is 3.11. The van der Waals surface area contributed by atoms with Crippen LogP contribution >= 0.6 is 0 Å². The average Bonchev–Trinajstić information content (AvgIpc) is 2.42. The molecule has 0 bridgehead atoms. The summed E-state index contributed by atoms with van der Waals surface area (Å²) in [7, 11) is 0. The number of para-hydroxylation sites is 1. The highest BCUT2D eigenvalue weighted by atomic mass is 14.9. The van der Waals surface area contributed by atoms with E-state index >= 15 is 0 Å². The zero-order valence-electron chi connectivity index (χ0n) is 10.7. The first-order chi connectivity index (χ1) is 9.24. The van der Waals surface area contributed by atoms with Gasteiger partial charge in [0.05, 0.1) is 22.6 Å². The number of fused-ring (bicyclic) bond motifs is 1. The molecule has 3 aromatic rings. The second-order valence-electron chi connectivity index (χ2n) is 4.60. The van der Waals surface area contributed by atoms with Crippen LogP contribution in [0.2, 0.25) is 0 Å². The SMILES string of the molecule is Cc1ccc(Nc2cccc3cccnc23)c(N)c1. The monoisotopic (exact) mass is 249 g/mol. The van der Waals surface area contributed by atoms with Gasteiger partial charge in [-0.05, 0) is 36.8 Å². The van der Waals surface area contributed by atoms with Gasteiger partial charge in [0.2, 0.25) is 0 Å². The third kappa shape index (κ3) is 2.22. The predicted molar refractivity (Wildman–Crippen MR) is 80.6 cm³/mol. The summed E-state index contributed by atoms with van der Waals surface area (Å²) >= 11 is 0. The van der Waals surface area contributed by atoms with Crippen molar-refractivity contribution in [2.75, 3.05) is 11.1 Å². The van der Waals surface area contributed by atoms with Gasteiger partial charge in [0.1, 0.15) is 0 Å². The van der Waals surface area contributed by atoms with Crippen LogP contribution in [0.3, 0.4) is 0 Å². The molecule has 0 unspecified atom stereocenters. The quantitative estimate of drug-likeness (QED) is 0.678. The van der Waals surface area contributed by atoms with E-state index in [1.54, 1.807) is 6.20 Å². The molecular weight excluding hydrogens is 234 g/mol. The van der Waals surface area contributed by atoms with Crippen LogP contribution in [0.15, 0.2) is 54.7 Å². The lowest BCUT2D eigenvalue weighted by Gasteiger charge is -2.11. The largest absolute Gasteiger partial charge is 0.397 e. The third-order valence-electron chi connectivity index (χ3n) is 3.11. The first-order valence-corrected chi connectivity index (χ1v) is 6.21. The van der Waals surface area contributed by atoms with E-state index in [0.717, 1.165) is 33.5 Å². The van der Waals surface area contributed by atoms with Crippen LogP contribution in [0.25, 0.3) is 10.9 Å². The van der Waals surface area contributed by atoms with Crippen molar-refractivity contribution in [3.8, 4) is 0 Å². The Hall–Kier alpha value is -2.55. The molecule has 1 heterocycles. The van der Waals surface area contributed by atoms with Crippen molar-refractivity contribution in [1.82, 2.24) is 4.98 Å². The number of aromatic nitrogens is 1. The van der Waals surface area contributed by atoms with Gasteiger partial charge in [-0.3, -0.25) is 4.98 Å². The molecule has 0 aliphatic rings. The Labute approximate surface area is 112 Å². The van der Waals surface area contributed by atoms with Gasteiger partial charge in [-0.2, -0.15) is 0 Å². The molecule has 3 heteroatoms. The minimum absolute atomic E-state index is 0.743. The van der Waals surface area contributed by atoms with Gasteiger partial charge in [0, 0.05) is 11.6 Å². The van der Waals surface area contributed by atoms with Crippen LogP contribution < -0.4 is 11.1 Å². The van der Waals surface area contributed by atoms with Crippen molar-refractivity contribution >= 4 is 28.0 Å². The second kappa shape index (κ2) is 4.61. The molecule has 0 radical (unpaired) electrons. The van der Waals surface area contributed by atoms with E-state index in [2.05, 4.69) is 10.3 Å². The van der Waals surface area contributed by atoms with Crippen molar-refractivity contribution in [2.24, 2.45) is 0 Å². The molecule has 0 fully saturated rings. The van der Waals surface area contributed by atoms with Gasteiger partial charge in [-0.25, -0.2) is 0 Å². The highest BCUT2D eigenvalue weighted by Crippen LogP contribution is 2.28. The average molecular weight is 249 g/mol. The molecule has 0 amide bonds. The van der Waals surface area contributed by atoms with E-state index in [-0.39, 0.29) is 0 Å². The van der Waals surface area contributed by atoms with Gasteiger partial charge in [0.25, 0.3) is 0 Å². The van der Waals surface area contributed by atoms with Crippen LogP contribution in [0.4, 0.5) is 17.1 Å². The van der Waals surface area contributed by atoms with Crippen molar-refractivity contribution in [3.05, 3.63) is 60.3 Å². The van der Waals surface area contributed by atoms with E-state index in [0.29, 0.717) is 0 Å². The summed E-state index contributed by atoms with van der Waals surface area (Å²) in [5.74, 6) is 0. The summed E-state index contributed by atoms with van der Waals surface area (Å²) in [6, 6.07) is 16.0. The Morgan fingerprint density at radius 3 is 2.68 bits per heavy atom. The van der Waals surface area contributed by atoms with Crippen LogP contribution in [0, 0.1) is 6.92 Å². The Morgan fingerprint density at radius 2 is 1.84 bits per heavy atom. The molecule has 3 nitrogen and oxygen atoms in total. The summed E-state index contributed by atoms with van der Waals surface area (Å²) in [5.41, 5.74) is 10.7. The minimum atomic E-state index is 0.743. The van der Waals surface area contributed by atoms with E-state index in [4.69, 9.17) is 5.73 Å². The fourth-order valence-corrected chi connectivity index (χ4v) is 2.15. The number of pyridine rings is 1. The smallest absolute Gasteiger partial charge is 0.0936 e. The van der Waals surface area contributed by atoms with Crippen LogP contribution in [0.5, 0.6) is 0 Å². The number of hydrogen-bond acceptors (Lipinski definition) is 3. The molecule has 19 heavy (non-hydrogen) atoms. The van der Waals surface area contributed by atoms with Crippen LogP contribution in [-0.2, 0) is 0 Å². The van der Waals surface area contributed by atoms with E-state index in [1.165, 1.54) is 0 Å². The zero-order valence-corrected chi connectivity index (χ0v) is 10.7. The standard InChI is InChI=1S/C16H15N3/c1-11-7-8-14(13(17)10-11)19-15-6-2-4-12-5-3-9-18-16(12)15/h2-10,19H,17H2,1H3. The highest BCUT2D eigenvalue weighted by molar-refractivity contribution is 5.93. The Morgan fingerprint density at radius 1 is 1.00 bits per heavy atom. The summed E-state index contributed by atoms with van der Waals surface area (Å²) in [6.07, 6.45) is 1.80. The molecule has 0 aliphatic carbocycles. The lowest BCUT2D eigenvalue weighted by molar-refractivity contribution is 1.40. The molecule has 0 spiro atoms. The second-order valence-corrected chi connectivity index (χ2v) is 4.60. The van der Waals surface area contributed by atoms with Gasteiger partial charge < -0.3 is 11.1 Å². The van der Waals surface area contributed by atoms with Crippen molar-refractivity contribution < 1.29 is 0 Å². The Bertz CT molecular complexity index is 730. The number of nitrogen functional groups attached to an aromatic ring is 1. The maximum Gasteiger partial charge on any atom is 0.0936 e. The van der Waals surface area contributed by atoms with E-state index in [1.807, 2.05) is 55.5 Å². The number of nitrogens with one attached hydrogen (secondary N) is 1. The number of anilines is 3. The molecule has 2 aromatic carbocycles. The molecule has 94 valence electrons. The number of benzene rings is 2. The highest BCUT2D eigenvalue weighted by Gasteiger charge is 2.04. The molecular formula is C16H15N3. The number of hydrogen-bond donors (Lipinski definition) is 2. The summed E-state index contributed by atoms with van der Waals surface area (Å²) in [4.78, 5) is 4.42. The molecule has 1 aromatic heterocycles. The molecule has 0 aliphatic heterocycles. The predicted octanol–water partition coefficient (Wildman–Crippen LogP) is 3.87. The summed E-state index contributed by atoms with van der Waals surface area (Å²) in [5, 5.41) is 4.46. The number of aryl methyl sites for hydroxylation is 1. The van der Waals surface area contributed by atoms with Gasteiger partial charge in [0.15, 0.2) is 0 Å². The Balaban J connectivity index is 2.06. The van der Waals surface area contributed by atoms with E-state index in [9.17, 15) is 0 Å². The molecule has 0 saturated heterocycles. The van der Waals surface area contributed by atoms with Crippen molar-refractivity contribution in [3.63, 3.8) is 0 Å². The van der Waals surface area contributed by atoms with Gasteiger partial charge in [-0.15, -0.1) is 0 Å². The maximum absolute atomic E-state index is 6.03. The minimum Gasteiger partial charge on any atom is -0.397 e. The molecule has 3 rings (SSSR count). The Kier molecular flexibility index (Phi) is 2.80. The van der Waals surface area contributed by atoms with Crippen molar-refractivity contribution in [1.29, 1.82) is 0 Å². The summed E-state index contributed by atoms with van der Waals surface area (Å²) < 4.78 is 0. The van der Waals surface area contributed by atoms with Crippen LogP contribution in [0.1, 0.15) is 5.56 Å². The first-order valence-electron chi connectivity index (χ1n) is 6.21. The zero-order chi connectivity index (χ0) is 13.2. The molecule has 3 N–H and O–H groups in total. The van der Waals surface area contributed by atoms with E-state index < -0.39 is 0 Å². The number of nitrogens with zero attached hydrogens (tertiary/aromatic N) is 1. The van der Waals surface area contributed by atoms with Gasteiger partial charge in [-0.1, -0.05) is 24.3 Å². The summed E-state index contributed by atoms with van der Waals surface area (Å²) in [6.45, 7) is 2.03. The molecule has 0 saturated carbocycles. The topological polar surface area (TPSA) is 50.9 Å².